The molecule has 1 aromatic carbocycles. The minimum Gasteiger partial charge on any atom is -0.357 e. The fraction of sp³-hybridized carbons (Fsp3) is 0.500. The molecule has 1 saturated heterocycles. The van der Waals surface area contributed by atoms with Crippen LogP contribution in [0.15, 0.2) is 30.5 Å². The van der Waals surface area contributed by atoms with Gasteiger partial charge in [-0.25, -0.2) is 0 Å². The average Bonchev–Trinajstić information content (AvgIpc) is 3.39. The molecule has 3 heterocycles. The van der Waals surface area contributed by atoms with E-state index in [1.54, 1.807) is 11.3 Å². The molecule has 3 aromatic rings. The van der Waals surface area contributed by atoms with Gasteiger partial charge in [0.15, 0.2) is 0 Å². The summed E-state index contributed by atoms with van der Waals surface area (Å²) in [5.74, 6) is 1.88. The van der Waals surface area contributed by atoms with E-state index in [0.717, 1.165) is 54.6 Å². The number of H-pyrrole nitrogens is 1. The maximum atomic E-state index is 12.6. The van der Waals surface area contributed by atoms with Crippen LogP contribution in [0.1, 0.15) is 40.6 Å². The number of hydrogen-bond acceptors (Lipinski definition) is 7. The van der Waals surface area contributed by atoms with E-state index in [1.807, 2.05) is 11.1 Å². The van der Waals surface area contributed by atoms with Gasteiger partial charge >= 0.3 is 0 Å². The highest BCUT2D eigenvalue weighted by Crippen LogP contribution is 2.57. The molecule has 1 saturated carbocycles. The third kappa shape index (κ3) is 3.71. The summed E-state index contributed by atoms with van der Waals surface area (Å²) in [4.78, 5) is 14.6. The molecule has 1 unspecified atom stereocenters. The third-order valence-corrected chi connectivity index (χ3v) is 7.86. The first-order valence-corrected chi connectivity index (χ1v) is 11.9. The quantitative estimate of drug-likeness (QED) is 0.591. The van der Waals surface area contributed by atoms with Crippen molar-refractivity contribution in [2.24, 2.45) is 11.8 Å². The number of benzene rings is 1. The van der Waals surface area contributed by atoms with E-state index < -0.39 is 0 Å². The van der Waals surface area contributed by atoms with Crippen LogP contribution in [-0.2, 0) is 24.1 Å². The number of amides is 1. The Kier molecular flexibility index (Phi) is 4.70. The molecule has 0 bridgehead atoms. The van der Waals surface area contributed by atoms with Crippen LogP contribution < -0.4 is 5.32 Å². The third-order valence-electron chi connectivity index (χ3n) is 6.95. The summed E-state index contributed by atoms with van der Waals surface area (Å²) in [6, 6.07) is 9.01. The van der Waals surface area contributed by atoms with Crippen molar-refractivity contribution in [1.29, 1.82) is 0 Å². The zero-order chi connectivity index (χ0) is 20.8. The normalized spacial score (nSPS) is 24.3. The molecule has 160 valence electrons. The van der Waals surface area contributed by atoms with Gasteiger partial charge in [-0.1, -0.05) is 35.6 Å². The number of aromatic amines is 1. The molecule has 9 heteroatoms. The molecule has 2 aromatic heterocycles. The van der Waals surface area contributed by atoms with Crippen molar-refractivity contribution in [2.75, 3.05) is 18.4 Å². The molecular weight excluding hydrogens is 410 g/mol. The summed E-state index contributed by atoms with van der Waals surface area (Å²) in [7, 11) is 0. The molecule has 3 atom stereocenters. The predicted octanol–water partition coefficient (Wildman–Crippen LogP) is 2.43. The number of nitrogens with one attached hydrogen (secondary N) is 2. The molecule has 0 spiro atoms. The minimum absolute atomic E-state index is 0.262. The van der Waals surface area contributed by atoms with Crippen molar-refractivity contribution in [3.05, 3.63) is 52.3 Å². The van der Waals surface area contributed by atoms with E-state index in [2.05, 4.69) is 55.2 Å². The van der Waals surface area contributed by atoms with E-state index in [-0.39, 0.29) is 5.91 Å². The zero-order valence-electron chi connectivity index (χ0n) is 17.2. The second-order valence-corrected chi connectivity index (χ2v) is 9.98. The van der Waals surface area contributed by atoms with E-state index in [0.29, 0.717) is 30.2 Å². The largest absolute Gasteiger partial charge is 0.357 e. The summed E-state index contributed by atoms with van der Waals surface area (Å²) in [5.41, 5.74) is 3.90. The molecule has 3 aliphatic rings. The molecule has 2 N–H and O–H groups in total. The summed E-state index contributed by atoms with van der Waals surface area (Å²) in [6.45, 7) is 1.72. The van der Waals surface area contributed by atoms with Gasteiger partial charge in [-0.05, 0) is 42.2 Å². The molecule has 31 heavy (non-hydrogen) atoms. The lowest BCUT2D eigenvalue weighted by Crippen LogP contribution is -2.31. The van der Waals surface area contributed by atoms with E-state index in [4.69, 9.17) is 0 Å². The van der Waals surface area contributed by atoms with Gasteiger partial charge in [0, 0.05) is 37.9 Å². The number of piperidine rings is 1. The van der Waals surface area contributed by atoms with Crippen LogP contribution in [0.25, 0.3) is 0 Å². The molecule has 2 fully saturated rings. The van der Waals surface area contributed by atoms with Gasteiger partial charge in [0.05, 0.1) is 11.9 Å². The number of likely N-dealkylation sites (tertiary alicyclic amines) is 1. The second kappa shape index (κ2) is 7.71. The van der Waals surface area contributed by atoms with Crippen molar-refractivity contribution >= 4 is 22.4 Å². The number of carbonyl (C=O) groups is 1. The average molecular weight is 436 g/mol. The number of nitrogens with zero attached hydrogens (tertiary/aromatic N) is 5. The van der Waals surface area contributed by atoms with Gasteiger partial charge in [0.1, 0.15) is 5.01 Å². The number of fused-ring (bicyclic) bond motifs is 2. The van der Waals surface area contributed by atoms with Crippen LogP contribution >= 0.6 is 11.3 Å². The van der Waals surface area contributed by atoms with Crippen molar-refractivity contribution < 1.29 is 4.79 Å². The number of hydrogen-bond donors (Lipinski definition) is 2. The standard InChI is InChI=1S/C22H25N7OS/c30-20(29-11-16-17(12-29)21(16)18-10-23-28-25-18)7-3-6-19-26-27-22(31-19)24-15-8-13-4-1-2-5-14(13)9-15/h1-2,4-5,10,15-17,21H,3,6-9,11-12H2,(H,24,27)(H,23,25,28)/t16-,17+,21?. The Morgan fingerprint density at radius 3 is 2.65 bits per heavy atom. The summed E-state index contributed by atoms with van der Waals surface area (Å²) >= 11 is 1.61. The first-order valence-electron chi connectivity index (χ1n) is 11.0. The topological polar surface area (TPSA) is 99.7 Å². The van der Waals surface area contributed by atoms with E-state index in [1.165, 1.54) is 11.1 Å². The smallest absolute Gasteiger partial charge is 0.222 e. The summed E-state index contributed by atoms with van der Waals surface area (Å²) in [6.07, 6.45) is 6.09. The first kappa shape index (κ1) is 18.9. The number of aromatic nitrogens is 5. The van der Waals surface area contributed by atoms with E-state index >= 15 is 0 Å². The lowest BCUT2D eigenvalue weighted by molar-refractivity contribution is -0.130. The number of rotatable bonds is 7. The Hall–Kier alpha value is -2.81. The van der Waals surface area contributed by atoms with Gasteiger partial charge in [0.25, 0.3) is 0 Å². The van der Waals surface area contributed by atoms with Gasteiger partial charge in [-0.3, -0.25) is 4.79 Å². The Balaban J connectivity index is 0.938. The monoisotopic (exact) mass is 435 g/mol. The fourth-order valence-electron chi connectivity index (χ4n) is 5.34. The van der Waals surface area contributed by atoms with Crippen LogP contribution in [0.5, 0.6) is 0 Å². The lowest BCUT2D eigenvalue weighted by atomic mass is 10.1. The highest BCUT2D eigenvalue weighted by atomic mass is 32.1. The fourth-order valence-corrected chi connectivity index (χ4v) is 6.20. The van der Waals surface area contributed by atoms with Gasteiger partial charge in [0.2, 0.25) is 11.0 Å². The number of aryl methyl sites for hydroxylation is 1. The van der Waals surface area contributed by atoms with Crippen LogP contribution in [0, 0.1) is 11.8 Å². The summed E-state index contributed by atoms with van der Waals surface area (Å²) in [5, 5.41) is 24.9. The molecule has 0 radical (unpaired) electrons. The van der Waals surface area contributed by atoms with Crippen molar-refractivity contribution in [3.63, 3.8) is 0 Å². The Labute approximate surface area is 184 Å². The molecule has 6 rings (SSSR count). The van der Waals surface area contributed by atoms with Crippen LogP contribution in [0.4, 0.5) is 5.13 Å². The maximum Gasteiger partial charge on any atom is 0.222 e. The predicted molar refractivity (Wildman–Crippen MR) is 117 cm³/mol. The molecule has 1 amide bonds. The minimum atomic E-state index is 0.262. The van der Waals surface area contributed by atoms with E-state index in [9.17, 15) is 4.79 Å². The van der Waals surface area contributed by atoms with Gasteiger partial charge < -0.3 is 10.2 Å². The van der Waals surface area contributed by atoms with Crippen molar-refractivity contribution in [2.45, 2.75) is 44.1 Å². The molecule has 2 aliphatic carbocycles. The molecular formula is C22H25N7OS. The van der Waals surface area contributed by atoms with Crippen molar-refractivity contribution in [3.8, 4) is 0 Å². The molecule has 1 aliphatic heterocycles. The highest BCUT2D eigenvalue weighted by molar-refractivity contribution is 7.15. The van der Waals surface area contributed by atoms with Gasteiger partial charge in [-0.15, -0.1) is 10.2 Å². The Bertz CT molecular complexity index is 1040. The van der Waals surface area contributed by atoms with Crippen molar-refractivity contribution in [1.82, 2.24) is 30.5 Å². The number of carbonyl (C=O) groups excluding carboxylic acids is 1. The van der Waals surface area contributed by atoms with Gasteiger partial charge in [-0.2, -0.15) is 15.4 Å². The Morgan fingerprint density at radius 1 is 1.16 bits per heavy atom. The first-order chi connectivity index (χ1) is 15.2. The van der Waals surface area contributed by atoms with Crippen LogP contribution in [0.3, 0.4) is 0 Å². The molecule has 8 nitrogen and oxygen atoms in total. The second-order valence-electron chi connectivity index (χ2n) is 8.92. The number of anilines is 1. The summed E-state index contributed by atoms with van der Waals surface area (Å²) < 4.78 is 0. The van der Waals surface area contributed by atoms with Crippen LogP contribution in [0.2, 0.25) is 0 Å². The van der Waals surface area contributed by atoms with Crippen LogP contribution in [-0.4, -0.2) is 55.5 Å². The lowest BCUT2D eigenvalue weighted by Gasteiger charge is -2.19. The highest BCUT2D eigenvalue weighted by Gasteiger charge is 2.58. The Morgan fingerprint density at radius 2 is 1.94 bits per heavy atom. The SMILES string of the molecule is O=C(CCCc1nnc(NC2Cc3ccccc3C2)s1)N1C[C@@H]2C(c3cn[nH]n3)[C@@H]2C1. The maximum absolute atomic E-state index is 12.6. The zero-order valence-corrected chi connectivity index (χ0v) is 18.0.